The molecule has 0 radical (unpaired) electrons. The molecule has 0 aliphatic carbocycles. The van der Waals surface area contributed by atoms with Crippen LogP contribution in [0.15, 0.2) is 24.3 Å². The summed E-state index contributed by atoms with van der Waals surface area (Å²) in [5.74, 6) is -1.46. The second kappa shape index (κ2) is 6.04. The maximum atomic E-state index is 12.0. The maximum Gasteiger partial charge on any atom is 0.360 e. The molecule has 0 aliphatic heterocycles. The van der Waals surface area contributed by atoms with Gasteiger partial charge in [-0.3, -0.25) is 15.2 Å². The number of hydrogen-bond acceptors (Lipinski definition) is 5. The highest BCUT2D eigenvalue weighted by Crippen LogP contribution is 2.16. The van der Waals surface area contributed by atoms with Crippen LogP contribution >= 0.6 is 0 Å². The van der Waals surface area contributed by atoms with E-state index in [9.17, 15) is 14.4 Å². The Bertz CT molecular complexity index is 694. The molecular weight excluding hydrogens is 276 g/mol. The van der Waals surface area contributed by atoms with Crippen LogP contribution < -0.4 is 10.6 Å². The van der Waals surface area contributed by atoms with Crippen LogP contribution in [-0.2, 0) is 9.53 Å². The maximum absolute atomic E-state index is 12.0. The number of rotatable bonds is 3. The quantitative estimate of drug-likeness (QED) is 0.715. The number of benzene rings is 1. The molecule has 3 amide bonds. The summed E-state index contributed by atoms with van der Waals surface area (Å²) in [5.41, 5.74) is 0.775. The van der Waals surface area contributed by atoms with Crippen LogP contribution in [0.25, 0.3) is 10.9 Å². The Hall–Kier alpha value is -2.90. The van der Waals surface area contributed by atoms with Gasteiger partial charge in [-0.15, -0.1) is 0 Å². The standard InChI is InChI=1S/C13H14N4O4/c1-7(11(18)15-13(20)14-2)21-12(19)10-8-5-3-4-6-9(8)16-17-10/h3-7H,1-2H3,(H,16,17)(H2,14,15,18,20)/t7-/m1/s1. The molecule has 2 aromatic rings. The lowest BCUT2D eigenvalue weighted by molar-refractivity contribution is -0.127. The Balaban J connectivity index is 2.07. The Kier molecular flexibility index (Phi) is 4.17. The van der Waals surface area contributed by atoms with Crippen LogP contribution in [0.2, 0.25) is 0 Å². The molecule has 0 bridgehead atoms. The molecule has 1 atom stereocenters. The Morgan fingerprint density at radius 3 is 2.71 bits per heavy atom. The van der Waals surface area contributed by atoms with E-state index in [2.05, 4.69) is 15.5 Å². The van der Waals surface area contributed by atoms with E-state index in [1.54, 1.807) is 24.3 Å². The summed E-state index contributed by atoms with van der Waals surface area (Å²) in [7, 11) is 1.37. The smallest absolute Gasteiger partial charge is 0.360 e. The number of aromatic amines is 1. The fraction of sp³-hybridized carbons (Fsp3) is 0.231. The lowest BCUT2D eigenvalue weighted by atomic mass is 10.2. The summed E-state index contributed by atoms with van der Waals surface area (Å²) in [6.07, 6.45) is -1.12. The second-order valence-electron chi connectivity index (χ2n) is 4.23. The number of aromatic nitrogens is 2. The van der Waals surface area contributed by atoms with Gasteiger partial charge in [-0.1, -0.05) is 18.2 Å². The number of hydrogen-bond donors (Lipinski definition) is 3. The molecular formula is C13H14N4O4. The monoisotopic (exact) mass is 290 g/mol. The van der Waals surface area contributed by atoms with E-state index in [1.807, 2.05) is 5.32 Å². The lowest BCUT2D eigenvalue weighted by Gasteiger charge is -2.11. The molecule has 0 saturated heterocycles. The molecule has 8 heteroatoms. The van der Waals surface area contributed by atoms with Crippen molar-refractivity contribution in [3.63, 3.8) is 0 Å². The summed E-state index contributed by atoms with van der Waals surface area (Å²) in [4.78, 5) is 34.6. The van der Waals surface area contributed by atoms with E-state index in [4.69, 9.17) is 4.74 Å². The average molecular weight is 290 g/mol. The van der Waals surface area contributed by atoms with E-state index in [0.717, 1.165) is 0 Å². The van der Waals surface area contributed by atoms with Gasteiger partial charge in [-0.25, -0.2) is 9.59 Å². The zero-order chi connectivity index (χ0) is 15.4. The number of fused-ring (bicyclic) bond motifs is 1. The minimum atomic E-state index is -1.12. The van der Waals surface area contributed by atoms with E-state index >= 15 is 0 Å². The first-order chi connectivity index (χ1) is 10.0. The predicted molar refractivity (Wildman–Crippen MR) is 73.6 cm³/mol. The third-order valence-corrected chi connectivity index (χ3v) is 2.78. The molecule has 1 aromatic carbocycles. The number of H-pyrrole nitrogens is 1. The number of para-hydroxylation sites is 1. The fourth-order valence-corrected chi connectivity index (χ4v) is 1.66. The number of esters is 1. The molecule has 8 nitrogen and oxygen atoms in total. The highest BCUT2D eigenvalue weighted by Gasteiger charge is 2.23. The highest BCUT2D eigenvalue weighted by atomic mass is 16.5. The van der Waals surface area contributed by atoms with Gasteiger partial charge < -0.3 is 10.1 Å². The summed E-state index contributed by atoms with van der Waals surface area (Å²) in [6.45, 7) is 1.37. The number of amides is 3. The minimum Gasteiger partial charge on any atom is -0.448 e. The predicted octanol–water partition coefficient (Wildman–Crippen LogP) is 0.564. The van der Waals surface area contributed by atoms with Gasteiger partial charge in [0.2, 0.25) is 0 Å². The molecule has 3 N–H and O–H groups in total. The van der Waals surface area contributed by atoms with Crippen molar-refractivity contribution in [1.29, 1.82) is 0 Å². The van der Waals surface area contributed by atoms with Gasteiger partial charge in [0.05, 0.1) is 5.52 Å². The molecule has 0 fully saturated rings. The SMILES string of the molecule is CNC(=O)NC(=O)[C@@H](C)OC(=O)c1n[nH]c2ccccc12. The Morgan fingerprint density at radius 1 is 1.29 bits per heavy atom. The summed E-state index contributed by atoms with van der Waals surface area (Å²) in [5, 5.41) is 11.4. The zero-order valence-electron chi connectivity index (χ0n) is 11.5. The van der Waals surface area contributed by atoms with Gasteiger partial charge in [-0.05, 0) is 13.0 Å². The topological polar surface area (TPSA) is 113 Å². The molecule has 0 unspecified atom stereocenters. The molecule has 0 spiro atoms. The first-order valence-corrected chi connectivity index (χ1v) is 6.19. The van der Waals surface area contributed by atoms with E-state index in [-0.39, 0.29) is 5.69 Å². The number of carbonyl (C=O) groups is 3. The van der Waals surface area contributed by atoms with E-state index < -0.39 is 24.0 Å². The van der Waals surface area contributed by atoms with Crippen LogP contribution in [0, 0.1) is 0 Å². The minimum absolute atomic E-state index is 0.0881. The third kappa shape index (κ3) is 3.16. The Morgan fingerprint density at radius 2 is 2.00 bits per heavy atom. The van der Waals surface area contributed by atoms with Crippen molar-refractivity contribution >= 4 is 28.8 Å². The number of urea groups is 1. The van der Waals surface area contributed by atoms with E-state index in [1.165, 1.54) is 14.0 Å². The van der Waals surface area contributed by atoms with Crippen LogP contribution in [0.3, 0.4) is 0 Å². The molecule has 1 aromatic heterocycles. The van der Waals surface area contributed by atoms with Gasteiger partial charge in [0, 0.05) is 12.4 Å². The summed E-state index contributed by atoms with van der Waals surface area (Å²) in [6, 6.07) is 6.37. The average Bonchev–Trinajstić information content (AvgIpc) is 2.90. The lowest BCUT2D eigenvalue weighted by Crippen LogP contribution is -2.43. The van der Waals surface area contributed by atoms with Gasteiger partial charge in [0.25, 0.3) is 5.91 Å². The molecule has 110 valence electrons. The van der Waals surface area contributed by atoms with Crippen LogP contribution in [0.5, 0.6) is 0 Å². The number of imide groups is 1. The third-order valence-electron chi connectivity index (χ3n) is 2.78. The van der Waals surface area contributed by atoms with Crippen molar-refractivity contribution < 1.29 is 19.1 Å². The van der Waals surface area contributed by atoms with Crippen molar-refractivity contribution in [3.05, 3.63) is 30.0 Å². The Labute approximate surface area is 119 Å². The number of nitrogens with one attached hydrogen (secondary N) is 3. The van der Waals surface area contributed by atoms with Crippen LogP contribution in [0.4, 0.5) is 4.79 Å². The second-order valence-corrected chi connectivity index (χ2v) is 4.23. The van der Waals surface area contributed by atoms with Gasteiger partial charge in [0.1, 0.15) is 0 Å². The van der Waals surface area contributed by atoms with Crippen molar-refractivity contribution in [3.8, 4) is 0 Å². The largest absolute Gasteiger partial charge is 0.448 e. The van der Waals surface area contributed by atoms with Crippen LogP contribution in [-0.4, -0.2) is 41.3 Å². The first kappa shape index (κ1) is 14.5. The fourth-order valence-electron chi connectivity index (χ4n) is 1.66. The number of nitrogens with zero attached hydrogens (tertiary/aromatic N) is 1. The van der Waals surface area contributed by atoms with Gasteiger partial charge in [-0.2, -0.15) is 5.10 Å². The molecule has 0 saturated carbocycles. The van der Waals surface area contributed by atoms with Crippen molar-refractivity contribution in [2.45, 2.75) is 13.0 Å². The van der Waals surface area contributed by atoms with Crippen LogP contribution in [0.1, 0.15) is 17.4 Å². The molecule has 2 rings (SSSR count). The zero-order valence-corrected chi connectivity index (χ0v) is 11.5. The van der Waals surface area contributed by atoms with Crippen molar-refractivity contribution in [1.82, 2.24) is 20.8 Å². The summed E-state index contributed by atoms with van der Waals surface area (Å²) < 4.78 is 5.00. The molecule has 1 heterocycles. The number of carbonyl (C=O) groups excluding carboxylic acids is 3. The first-order valence-electron chi connectivity index (χ1n) is 6.19. The molecule has 0 aliphatic rings. The molecule has 21 heavy (non-hydrogen) atoms. The van der Waals surface area contributed by atoms with E-state index in [0.29, 0.717) is 10.9 Å². The van der Waals surface area contributed by atoms with Gasteiger partial charge in [0.15, 0.2) is 11.8 Å². The van der Waals surface area contributed by atoms with Gasteiger partial charge >= 0.3 is 12.0 Å². The summed E-state index contributed by atoms with van der Waals surface area (Å²) >= 11 is 0. The number of ether oxygens (including phenoxy) is 1. The normalized spacial score (nSPS) is 11.7. The van der Waals surface area contributed by atoms with Crippen molar-refractivity contribution in [2.24, 2.45) is 0 Å². The van der Waals surface area contributed by atoms with Crippen molar-refractivity contribution in [2.75, 3.05) is 7.05 Å². The highest BCUT2D eigenvalue weighted by molar-refractivity contribution is 6.03.